The normalized spacial score (nSPS) is 11.4. The van der Waals surface area contributed by atoms with Crippen LogP contribution in [-0.2, 0) is 14.9 Å². The van der Waals surface area contributed by atoms with Gasteiger partial charge < -0.3 is 14.2 Å². The zero-order valence-electron chi connectivity index (χ0n) is 20.5. The summed E-state index contributed by atoms with van der Waals surface area (Å²) in [6, 6.07) is 23.5. The smallest absolute Gasteiger partial charge is 0.339 e. The zero-order valence-corrected chi connectivity index (χ0v) is 21.3. The standard InChI is InChI=1S/C28H21N3O7S/c1-2-37-27-15-19(10-13-26(27)38-39(35,36)25-9-5-8-24(17-25)31(33)34)14-22(18-29)28(32)30-23-12-11-20-6-3-4-7-21(20)16-23/h3-17H,2H2,1H3,(H,30,32)/b22-14+. The fraction of sp³-hybridized carbons (Fsp3) is 0.0714. The van der Waals surface area contributed by atoms with Crippen molar-refractivity contribution in [3.8, 4) is 17.6 Å². The van der Waals surface area contributed by atoms with E-state index < -0.39 is 31.5 Å². The first-order chi connectivity index (χ1) is 18.7. The third-order valence-corrected chi connectivity index (χ3v) is 6.70. The summed E-state index contributed by atoms with van der Waals surface area (Å²) in [7, 11) is -4.43. The van der Waals surface area contributed by atoms with Gasteiger partial charge in [-0.25, -0.2) is 0 Å². The topological polar surface area (TPSA) is 149 Å². The largest absolute Gasteiger partial charge is 0.490 e. The molecule has 0 saturated carbocycles. The van der Waals surface area contributed by atoms with Crippen molar-refractivity contribution in [3.63, 3.8) is 0 Å². The average molecular weight is 544 g/mol. The number of hydrogen-bond acceptors (Lipinski definition) is 8. The number of fused-ring (bicyclic) bond motifs is 1. The van der Waals surface area contributed by atoms with Crippen LogP contribution in [0.15, 0.2) is 95.4 Å². The molecule has 4 aromatic carbocycles. The number of carbonyl (C=O) groups excluding carboxylic acids is 1. The molecule has 11 heteroatoms. The fourth-order valence-corrected chi connectivity index (χ4v) is 4.63. The minimum Gasteiger partial charge on any atom is -0.490 e. The highest BCUT2D eigenvalue weighted by Gasteiger charge is 2.22. The number of non-ortho nitro benzene ring substituents is 1. The molecule has 0 aromatic heterocycles. The number of nitro benzene ring substituents is 1. The molecule has 0 atom stereocenters. The van der Waals surface area contributed by atoms with Gasteiger partial charge in [-0.3, -0.25) is 14.9 Å². The van der Waals surface area contributed by atoms with Crippen molar-refractivity contribution in [1.82, 2.24) is 0 Å². The van der Waals surface area contributed by atoms with E-state index in [2.05, 4.69) is 5.32 Å². The van der Waals surface area contributed by atoms with Crippen LogP contribution >= 0.6 is 0 Å². The van der Waals surface area contributed by atoms with Gasteiger partial charge in [0.15, 0.2) is 11.5 Å². The number of nitro groups is 1. The summed E-state index contributed by atoms with van der Waals surface area (Å²) in [5, 5.41) is 25.3. The van der Waals surface area contributed by atoms with Gasteiger partial charge >= 0.3 is 10.1 Å². The SMILES string of the molecule is CCOc1cc(/C=C(\C#N)C(=O)Nc2ccc3ccccc3c2)ccc1OS(=O)(=O)c1cccc([N+](=O)[O-])c1. The van der Waals surface area contributed by atoms with E-state index in [0.29, 0.717) is 11.3 Å². The molecule has 4 aromatic rings. The molecule has 10 nitrogen and oxygen atoms in total. The van der Waals surface area contributed by atoms with E-state index in [4.69, 9.17) is 8.92 Å². The summed E-state index contributed by atoms with van der Waals surface area (Å²) < 4.78 is 36.3. The van der Waals surface area contributed by atoms with Gasteiger partial charge in [-0.2, -0.15) is 13.7 Å². The molecule has 196 valence electrons. The van der Waals surface area contributed by atoms with Gasteiger partial charge in [-0.15, -0.1) is 0 Å². The maximum absolute atomic E-state index is 12.8. The molecule has 0 aliphatic carbocycles. The number of nitriles is 1. The first-order valence-electron chi connectivity index (χ1n) is 11.6. The summed E-state index contributed by atoms with van der Waals surface area (Å²) in [6.07, 6.45) is 1.33. The van der Waals surface area contributed by atoms with Crippen molar-refractivity contribution >= 4 is 44.2 Å². The molecule has 1 amide bonds. The number of carbonyl (C=O) groups is 1. The van der Waals surface area contributed by atoms with Crippen LogP contribution in [0.4, 0.5) is 11.4 Å². The van der Waals surface area contributed by atoms with Crippen LogP contribution in [-0.4, -0.2) is 25.9 Å². The molecule has 0 unspecified atom stereocenters. The minimum atomic E-state index is -4.43. The second kappa shape index (κ2) is 11.5. The maximum Gasteiger partial charge on any atom is 0.339 e. The van der Waals surface area contributed by atoms with E-state index in [1.165, 1.54) is 36.4 Å². The van der Waals surface area contributed by atoms with E-state index in [0.717, 1.165) is 22.9 Å². The highest BCUT2D eigenvalue weighted by atomic mass is 32.2. The monoisotopic (exact) mass is 543 g/mol. The van der Waals surface area contributed by atoms with Crippen LogP contribution in [0.1, 0.15) is 12.5 Å². The third kappa shape index (κ3) is 6.38. The Morgan fingerprint density at radius 1 is 1.00 bits per heavy atom. The Kier molecular flexibility index (Phi) is 7.88. The Hall–Kier alpha value is -5.21. The lowest BCUT2D eigenvalue weighted by Gasteiger charge is -2.13. The summed E-state index contributed by atoms with van der Waals surface area (Å²) in [6.45, 7) is 1.84. The first kappa shape index (κ1) is 26.8. The molecule has 0 fully saturated rings. The van der Waals surface area contributed by atoms with Gasteiger partial charge in [0.2, 0.25) is 0 Å². The Morgan fingerprint density at radius 2 is 1.77 bits per heavy atom. The van der Waals surface area contributed by atoms with Crippen LogP contribution in [0.3, 0.4) is 0 Å². The first-order valence-corrected chi connectivity index (χ1v) is 13.0. The van der Waals surface area contributed by atoms with Crippen molar-refractivity contribution < 1.29 is 27.1 Å². The van der Waals surface area contributed by atoms with Crippen LogP contribution in [0.2, 0.25) is 0 Å². The van der Waals surface area contributed by atoms with Gasteiger partial charge in [0.25, 0.3) is 11.6 Å². The number of nitrogens with one attached hydrogen (secondary N) is 1. The predicted molar refractivity (Wildman–Crippen MR) is 145 cm³/mol. The predicted octanol–water partition coefficient (Wildman–Crippen LogP) is 5.46. The van der Waals surface area contributed by atoms with Crippen LogP contribution in [0, 0.1) is 21.4 Å². The number of nitrogens with zero attached hydrogens (tertiary/aromatic N) is 2. The molecule has 1 N–H and O–H groups in total. The van der Waals surface area contributed by atoms with Gasteiger partial charge in [0, 0.05) is 17.8 Å². The highest BCUT2D eigenvalue weighted by molar-refractivity contribution is 7.87. The molecule has 0 spiro atoms. The number of anilines is 1. The molecule has 0 aliphatic rings. The van der Waals surface area contributed by atoms with Crippen LogP contribution in [0.5, 0.6) is 11.5 Å². The van der Waals surface area contributed by atoms with E-state index in [-0.39, 0.29) is 23.7 Å². The molecule has 0 bridgehead atoms. The van der Waals surface area contributed by atoms with Crippen molar-refractivity contribution in [2.24, 2.45) is 0 Å². The second-order valence-corrected chi connectivity index (χ2v) is 9.66. The molecular weight excluding hydrogens is 522 g/mol. The van der Waals surface area contributed by atoms with E-state index in [9.17, 15) is 28.6 Å². The van der Waals surface area contributed by atoms with Crippen molar-refractivity contribution in [1.29, 1.82) is 5.26 Å². The Balaban J connectivity index is 1.58. The molecule has 39 heavy (non-hydrogen) atoms. The van der Waals surface area contributed by atoms with Gasteiger partial charge in [-0.1, -0.05) is 42.5 Å². The summed E-state index contributed by atoms with van der Waals surface area (Å²) in [4.78, 5) is 22.7. The molecule has 0 heterocycles. The zero-order chi connectivity index (χ0) is 28.0. The lowest BCUT2D eigenvalue weighted by atomic mass is 10.1. The number of amides is 1. The maximum atomic E-state index is 12.8. The van der Waals surface area contributed by atoms with Crippen molar-refractivity contribution in [3.05, 3.63) is 106 Å². The third-order valence-electron chi connectivity index (χ3n) is 5.47. The summed E-state index contributed by atoms with van der Waals surface area (Å²) in [5.74, 6) is -0.758. The molecule has 0 aliphatic heterocycles. The quantitative estimate of drug-likeness (QED) is 0.0962. The summed E-state index contributed by atoms with van der Waals surface area (Å²) >= 11 is 0. The van der Waals surface area contributed by atoms with Gasteiger partial charge in [0.1, 0.15) is 16.5 Å². The Labute approximate surface area is 224 Å². The molecule has 4 rings (SSSR count). The highest BCUT2D eigenvalue weighted by Crippen LogP contribution is 2.32. The Bertz CT molecular complexity index is 1760. The van der Waals surface area contributed by atoms with E-state index >= 15 is 0 Å². The minimum absolute atomic E-state index is 0.0347. The number of rotatable bonds is 9. The number of benzene rings is 4. The van der Waals surface area contributed by atoms with Crippen LogP contribution < -0.4 is 14.2 Å². The van der Waals surface area contributed by atoms with Crippen molar-refractivity contribution in [2.75, 3.05) is 11.9 Å². The van der Waals surface area contributed by atoms with Gasteiger partial charge in [-0.05, 0) is 59.7 Å². The van der Waals surface area contributed by atoms with Crippen molar-refractivity contribution in [2.45, 2.75) is 11.8 Å². The van der Waals surface area contributed by atoms with E-state index in [1.54, 1.807) is 19.1 Å². The lowest BCUT2D eigenvalue weighted by Crippen LogP contribution is -2.13. The average Bonchev–Trinajstić information content (AvgIpc) is 2.93. The molecule has 0 saturated heterocycles. The summed E-state index contributed by atoms with van der Waals surface area (Å²) in [5.41, 5.74) is 0.299. The second-order valence-electron chi connectivity index (χ2n) is 8.12. The number of ether oxygens (including phenoxy) is 1. The Morgan fingerprint density at radius 3 is 2.49 bits per heavy atom. The van der Waals surface area contributed by atoms with E-state index in [1.807, 2.05) is 36.4 Å². The van der Waals surface area contributed by atoms with Gasteiger partial charge in [0.05, 0.1) is 11.5 Å². The molecule has 0 radical (unpaired) electrons. The van der Waals surface area contributed by atoms with Crippen LogP contribution in [0.25, 0.3) is 16.8 Å². The fourth-order valence-electron chi connectivity index (χ4n) is 3.65. The lowest BCUT2D eigenvalue weighted by molar-refractivity contribution is -0.385. The number of hydrogen-bond donors (Lipinski definition) is 1. The molecular formula is C28H21N3O7S.